The number of nitrogens with zero attached hydrogens (tertiary/aromatic N) is 1. The predicted octanol–water partition coefficient (Wildman–Crippen LogP) is 0.251. The molecule has 1 aliphatic heterocycles. The molecule has 1 aliphatic rings. The highest BCUT2D eigenvalue weighted by Crippen LogP contribution is 2.22. The van der Waals surface area contributed by atoms with E-state index in [9.17, 15) is 15.0 Å². The summed E-state index contributed by atoms with van der Waals surface area (Å²) in [6, 6.07) is 4.09. The van der Waals surface area contributed by atoms with Crippen LogP contribution in [0, 0.1) is 0 Å². The number of carbonyl (C=O) groups excluding carboxylic acids is 1. The van der Waals surface area contributed by atoms with Crippen molar-refractivity contribution in [3.63, 3.8) is 0 Å². The zero-order valence-electron chi connectivity index (χ0n) is 11.4. The van der Waals surface area contributed by atoms with E-state index in [1.165, 1.54) is 18.2 Å². The van der Waals surface area contributed by atoms with Gasteiger partial charge >= 0.3 is 0 Å². The monoisotopic (exact) mass is 279 g/mol. The average Bonchev–Trinajstić information content (AvgIpc) is 2.41. The minimum Gasteiger partial charge on any atom is -0.508 e. The van der Waals surface area contributed by atoms with E-state index < -0.39 is 0 Å². The number of hydrogen-bond acceptors (Lipinski definition) is 5. The molecule has 110 valence electrons. The standard InChI is InChI=1S/C14H21N3O3/c15-5-8-17-6-3-10(4-7-17)16-14(20)12-2-1-11(18)9-13(12)19/h1-2,9-10,18-19H,3-8,15H2,(H,16,20). The molecule has 5 N–H and O–H groups in total. The van der Waals surface area contributed by atoms with Crippen molar-refractivity contribution in [3.05, 3.63) is 23.8 Å². The number of nitrogens with two attached hydrogens (primary N) is 1. The summed E-state index contributed by atoms with van der Waals surface area (Å²) in [5.41, 5.74) is 5.71. The molecule has 0 radical (unpaired) electrons. The summed E-state index contributed by atoms with van der Waals surface area (Å²) in [6.07, 6.45) is 1.76. The topological polar surface area (TPSA) is 98.8 Å². The van der Waals surface area contributed by atoms with Gasteiger partial charge < -0.3 is 26.2 Å². The minimum absolute atomic E-state index is 0.0610. The van der Waals surface area contributed by atoms with E-state index in [0.717, 1.165) is 32.5 Å². The van der Waals surface area contributed by atoms with Gasteiger partial charge in [0.05, 0.1) is 5.56 Å². The molecular formula is C14H21N3O3. The number of phenolic OH excluding ortho intramolecular Hbond substituents is 2. The fraction of sp³-hybridized carbons (Fsp3) is 0.500. The first-order valence-electron chi connectivity index (χ1n) is 6.85. The highest BCUT2D eigenvalue weighted by atomic mass is 16.3. The summed E-state index contributed by atoms with van der Waals surface area (Å²) in [7, 11) is 0. The maximum absolute atomic E-state index is 12.1. The van der Waals surface area contributed by atoms with Crippen molar-refractivity contribution in [2.45, 2.75) is 18.9 Å². The molecular weight excluding hydrogens is 258 g/mol. The molecule has 1 fully saturated rings. The number of piperidine rings is 1. The molecule has 0 spiro atoms. The molecule has 0 unspecified atom stereocenters. The Bertz CT molecular complexity index is 471. The Labute approximate surface area is 118 Å². The predicted molar refractivity (Wildman–Crippen MR) is 75.8 cm³/mol. The van der Waals surface area contributed by atoms with Gasteiger partial charge in [0, 0.05) is 38.3 Å². The van der Waals surface area contributed by atoms with Crippen LogP contribution in [0.2, 0.25) is 0 Å². The Morgan fingerprint density at radius 1 is 1.35 bits per heavy atom. The van der Waals surface area contributed by atoms with Crippen LogP contribution >= 0.6 is 0 Å². The van der Waals surface area contributed by atoms with Crippen molar-refractivity contribution < 1.29 is 15.0 Å². The van der Waals surface area contributed by atoms with Gasteiger partial charge in [0.15, 0.2) is 0 Å². The van der Waals surface area contributed by atoms with E-state index in [1.807, 2.05) is 0 Å². The van der Waals surface area contributed by atoms with Crippen LogP contribution in [0.3, 0.4) is 0 Å². The highest BCUT2D eigenvalue weighted by Gasteiger charge is 2.21. The molecule has 1 amide bonds. The van der Waals surface area contributed by atoms with Gasteiger partial charge in [-0.15, -0.1) is 0 Å². The number of benzene rings is 1. The van der Waals surface area contributed by atoms with Crippen molar-refractivity contribution in [1.29, 1.82) is 0 Å². The van der Waals surface area contributed by atoms with Gasteiger partial charge in [-0.1, -0.05) is 0 Å². The normalized spacial score (nSPS) is 17.1. The SMILES string of the molecule is NCCN1CCC(NC(=O)c2ccc(O)cc2O)CC1. The smallest absolute Gasteiger partial charge is 0.255 e. The molecule has 1 heterocycles. The third-order valence-electron chi connectivity index (χ3n) is 3.59. The third kappa shape index (κ3) is 3.61. The number of nitrogens with one attached hydrogen (secondary N) is 1. The molecule has 0 bridgehead atoms. The molecule has 0 aromatic heterocycles. The lowest BCUT2D eigenvalue weighted by molar-refractivity contribution is 0.0909. The van der Waals surface area contributed by atoms with E-state index >= 15 is 0 Å². The van der Waals surface area contributed by atoms with Gasteiger partial charge in [0.25, 0.3) is 5.91 Å². The van der Waals surface area contributed by atoms with E-state index in [1.54, 1.807) is 0 Å². The Kier molecular flexibility index (Phi) is 4.81. The lowest BCUT2D eigenvalue weighted by atomic mass is 10.0. The molecule has 6 nitrogen and oxygen atoms in total. The summed E-state index contributed by atoms with van der Waals surface area (Å²) >= 11 is 0. The van der Waals surface area contributed by atoms with E-state index in [0.29, 0.717) is 6.54 Å². The van der Waals surface area contributed by atoms with E-state index in [-0.39, 0.29) is 29.0 Å². The van der Waals surface area contributed by atoms with Crippen LogP contribution in [0.1, 0.15) is 23.2 Å². The number of likely N-dealkylation sites (tertiary alicyclic amines) is 1. The first kappa shape index (κ1) is 14.6. The Morgan fingerprint density at radius 3 is 2.65 bits per heavy atom. The van der Waals surface area contributed by atoms with Crippen molar-refractivity contribution in [2.75, 3.05) is 26.2 Å². The molecule has 2 rings (SSSR count). The fourth-order valence-corrected chi connectivity index (χ4v) is 2.46. The zero-order chi connectivity index (χ0) is 14.5. The lowest BCUT2D eigenvalue weighted by Gasteiger charge is -2.32. The van der Waals surface area contributed by atoms with Gasteiger partial charge in [-0.05, 0) is 25.0 Å². The van der Waals surface area contributed by atoms with Gasteiger partial charge in [-0.3, -0.25) is 4.79 Å². The van der Waals surface area contributed by atoms with E-state index in [2.05, 4.69) is 10.2 Å². The van der Waals surface area contributed by atoms with Crippen LogP contribution < -0.4 is 11.1 Å². The summed E-state index contributed by atoms with van der Waals surface area (Å²) in [5, 5.41) is 21.8. The summed E-state index contributed by atoms with van der Waals surface area (Å²) < 4.78 is 0. The van der Waals surface area contributed by atoms with Gasteiger partial charge in [0.1, 0.15) is 11.5 Å². The Balaban J connectivity index is 1.89. The van der Waals surface area contributed by atoms with Crippen molar-refractivity contribution in [3.8, 4) is 11.5 Å². The van der Waals surface area contributed by atoms with Crippen LogP contribution in [0.4, 0.5) is 0 Å². The number of hydrogen-bond donors (Lipinski definition) is 4. The second-order valence-corrected chi connectivity index (χ2v) is 5.08. The molecule has 1 aromatic carbocycles. The molecule has 20 heavy (non-hydrogen) atoms. The Hall–Kier alpha value is -1.79. The second kappa shape index (κ2) is 6.58. The largest absolute Gasteiger partial charge is 0.508 e. The molecule has 1 aromatic rings. The summed E-state index contributed by atoms with van der Waals surface area (Å²) in [5.74, 6) is -0.572. The minimum atomic E-state index is -0.306. The van der Waals surface area contributed by atoms with Crippen molar-refractivity contribution >= 4 is 5.91 Å². The van der Waals surface area contributed by atoms with Crippen LogP contribution in [-0.2, 0) is 0 Å². The van der Waals surface area contributed by atoms with Crippen molar-refractivity contribution in [1.82, 2.24) is 10.2 Å². The fourth-order valence-electron chi connectivity index (χ4n) is 2.46. The average molecular weight is 279 g/mol. The number of amides is 1. The maximum atomic E-state index is 12.1. The first-order valence-corrected chi connectivity index (χ1v) is 6.85. The number of aromatic hydroxyl groups is 2. The summed E-state index contributed by atoms with van der Waals surface area (Å²) in [4.78, 5) is 14.3. The van der Waals surface area contributed by atoms with Crippen LogP contribution in [0.15, 0.2) is 18.2 Å². The van der Waals surface area contributed by atoms with Gasteiger partial charge in [-0.2, -0.15) is 0 Å². The quantitative estimate of drug-likeness (QED) is 0.633. The van der Waals surface area contributed by atoms with Crippen LogP contribution in [-0.4, -0.2) is 53.2 Å². The molecule has 0 aliphatic carbocycles. The van der Waals surface area contributed by atoms with Crippen LogP contribution in [0.25, 0.3) is 0 Å². The third-order valence-corrected chi connectivity index (χ3v) is 3.59. The lowest BCUT2D eigenvalue weighted by Crippen LogP contribution is -2.45. The second-order valence-electron chi connectivity index (χ2n) is 5.08. The number of rotatable bonds is 4. The Morgan fingerprint density at radius 2 is 2.05 bits per heavy atom. The zero-order valence-corrected chi connectivity index (χ0v) is 11.4. The van der Waals surface area contributed by atoms with Gasteiger partial charge in [0.2, 0.25) is 0 Å². The number of carbonyl (C=O) groups is 1. The molecule has 0 atom stereocenters. The highest BCUT2D eigenvalue weighted by molar-refractivity contribution is 5.97. The van der Waals surface area contributed by atoms with Gasteiger partial charge in [-0.25, -0.2) is 0 Å². The molecule has 6 heteroatoms. The summed E-state index contributed by atoms with van der Waals surface area (Å²) in [6.45, 7) is 3.38. The maximum Gasteiger partial charge on any atom is 0.255 e. The first-order chi connectivity index (χ1) is 9.60. The molecule has 0 saturated carbocycles. The molecule has 1 saturated heterocycles. The van der Waals surface area contributed by atoms with E-state index in [4.69, 9.17) is 5.73 Å². The number of phenols is 2. The van der Waals surface area contributed by atoms with Crippen LogP contribution in [0.5, 0.6) is 11.5 Å². The van der Waals surface area contributed by atoms with Crippen molar-refractivity contribution in [2.24, 2.45) is 5.73 Å².